The number of hydrogen-bond donors (Lipinski definition) is 1. The molecule has 0 saturated carbocycles. The van der Waals surface area contributed by atoms with Gasteiger partial charge in [0.25, 0.3) is 0 Å². The molecule has 2 aromatic rings. The Balaban J connectivity index is 2.28. The predicted molar refractivity (Wildman–Crippen MR) is 85.7 cm³/mol. The lowest BCUT2D eigenvalue weighted by Crippen LogP contribution is -2.26. The van der Waals surface area contributed by atoms with E-state index < -0.39 is 10.0 Å². The van der Waals surface area contributed by atoms with Gasteiger partial charge in [0.1, 0.15) is 0 Å². The van der Waals surface area contributed by atoms with Crippen molar-refractivity contribution in [2.45, 2.75) is 18.4 Å². The number of rotatable bonds is 4. The van der Waals surface area contributed by atoms with Gasteiger partial charge in [-0.05, 0) is 30.7 Å². The quantitative estimate of drug-likeness (QED) is 0.879. The minimum atomic E-state index is -3.59. The van der Waals surface area contributed by atoms with Crippen LogP contribution in [0.3, 0.4) is 0 Å². The highest BCUT2D eigenvalue weighted by atomic mass is 35.5. The van der Waals surface area contributed by atoms with E-state index in [1.54, 1.807) is 7.05 Å². The maximum Gasteiger partial charge on any atom is 0.243 e. The van der Waals surface area contributed by atoms with Crippen molar-refractivity contribution in [3.63, 3.8) is 0 Å². The second kappa shape index (κ2) is 6.05. The molecule has 0 aliphatic heterocycles. The molecule has 0 unspecified atom stereocenters. The SMILES string of the molecule is Cc1cccc(CN(C)S(=O)(=O)c2ccc(Cl)c(N)c2)c1. The highest BCUT2D eigenvalue weighted by molar-refractivity contribution is 7.89. The summed E-state index contributed by atoms with van der Waals surface area (Å²) >= 11 is 5.82. The van der Waals surface area contributed by atoms with Crippen molar-refractivity contribution in [3.05, 3.63) is 58.6 Å². The molecule has 0 fully saturated rings. The van der Waals surface area contributed by atoms with Crippen LogP contribution in [0.1, 0.15) is 11.1 Å². The zero-order valence-corrected chi connectivity index (χ0v) is 13.4. The first-order chi connectivity index (χ1) is 9.80. The largest absolute Gasteiger partial charge is 0.397 e. The molecule has 4 nitrogen and oxygen atoms in total. The number of benzene rings is 2. The van der Waals surface area contributed by atoms with Crippen molar-refractivity contribution < 1.29 is 8.42 Å². The molecule has 112 valence electrons. The summed E-state index contributed by atoms with van der Waals surface area (Å²) in [6.07, 6.45) is 0. The topological polar surface area (TPSA) is 63.4 Å². The first-order valence-electron chi connectivity index (χ1n) is 6.37. The van der Waals surface area contributed by atoms with Crippen molar-refractivity contribution in [2.75, 3.05) is 12.8 Å². The minimum absolute atomic E-state index is 0.138. The van der Waals surface area contributed by atoms with Crippen LogP contribution in [0.4, 0.5) is 5.69 Å². The standard InChI is InChI=1S/C15H17ClN2O2S/c1-11-4-3-5-12(8-11)10-18(2)21(19,20)13-6-7-14(16)15(17)9-13/h3-9H,10,17H2,1-2H3. The Kier molecular flexibility index (Phi) is 4.56. The van der Waals surface area contributed by atoms with Crippen LogP contribution >= 0.6 is 11.6 Å². The van der Waals surface area contributed by atoms with E-state index >= 15 is 0 Å². The molecule has 0 amide bonds. The Bertz CT molecular complexity index is 760. The monoisotopic (exact) mass is 324 g/mol. The molecule has 21 heavy (non-hydrogen) atoms. The molecule has 0 heterocycles. The van der Waals surface area contributed by atoms with Gasteiger partial charge in [-0.2, -0.15) is 4.31 Å². The normalized spacial score (nSPS) is 11.8. The van der Waals surface area contributed by atoms with Crippen LogP contribution in [0.2, 0.25) is 5.02 Å². The number of nitrogen functional groups attached to an aromatic ring is 1. The van der Waals surface area contributed by atoms with Crippen LogP contribution in [-0.4, -0.2) is 19.8 Å². The van der Waals surface area contributed by atoms with Crippen molar-refractivity contribution >= 4 is 27.3 Å². The molecule has 0 radical (unpaired) electrons. The number of halogens is 1. The maximum atomic E-state index is 12.5. The van der Waals surface area contributed by atoms with E-state index in [-0.39, 0.29) is 10.6 Å². The van der Waals surface area contributed by atoms with Gasteiger partial charge >= 0.3 is 0 Å². The molecule has 0 spiro atoms. The number of nitrogens with zero attached hydrogens (tertiary/aromatic N) is 1. The van der Waals surface area contributed by atoms with E-state index in [0.29, 0.717) is 11.6 Å². The number of anilines is 1. The lowest BCUT2D eigenvalue weighted by atomic mass is 10.1. The van der Waals surface area contributed by atoms with Crippen LogP contribution < -0.4 is 5.73 Å². The van der Waals surface area contributed by atoms with Gasteiger partial charge < -0.3 is 5.73 Å². The minimum Gasteiger partial charge on any atom is -0.397 e. The zero-order valence-electron chi connectivity index (χ0n) is 11.9. The summed E-state index contributed by atoms with van der Waals surface area (Å²) in [5, 5.41) is 0.343. The van der Waals surface area contributed by atoms with Gasteiger partial charge in [-0.15, -0.1) is 0 Å². The molecule has 0 bridgehead atoms. The van der Waals surface area contributed by atoms with Crippen molar-refractivity contribution in [3.8, 4) is 0 Å². The fourth-order valence-electron chi connectivity index (χ4n) is 2.01. The fourth-order valence-corrected chi connectivity index (χ4v) is 3.33. The first kappa shape index (κ1) is 15.8. The predicted octanol–water partition coefficient (Wildman–Crippen LogP) is 3.05. The molecule has 2 N–H and O–H groups in total. The Labute approximate surface area is 130 Å². The Hall–Kier alpha value is -1.56. The third-order valence-electron chi connectivity index (χ3n) is 3.16. The highest BCUT2D eigenvalue weighted by Crippen LogP contribution is 2.24. The van der Waals surface area contributed by atoms with Crippen LogP contribution in [-0.2, 0) is 16.6 Å². The third kappa shape index (κ3) is 3.56. The van der Waals surface area contributed by atoms with E-state index in [9.17, 15) is 8.42 Å². The molecule has 0 atom stereocenters. The second-order valence-electron chi connectivity index (χ2n) is 4.93. The molecule has 0 saturated heterocycles. The van der Waals surface area contributed by atoms with Crippen LogP contribution in [0.5, 0.6) is 0 Å². The Morgan fingerprint density at radius 2 is 1.90 bits per heavy atom. The Morgan fingerprint density at radius 1 is 1.19 bits per heavy atom. The summed E-state index contributed by atoms with van der Waals surface area (Å²) in [7, 11) is -2.05. The molecule has 0 aliphatic carbocycles. The Morgan fingerprint density at radius 3 is 2.52 bits per heavy atom. The molecule has 6 heteroatoms. The van der Waals surface area contributed by atoms with Gasteiger partial charge in [0, 0.05) is 13.6 Å². The summed E-state index contributed by atoms with van der Waals surface area (Å²) in [6.45, 7) is 2.27. The molecular weight excluding hydrogens is 308 g/mol. The second-order valence-corrected chi connectivity index (χ2v) is 7.39. The summed E-state index contributed by atoms with van der Waals surface area (Å²) in [4.78, 5) is 0.138. The molecule has 2 rings (SSSR count). The first-order valence-corrected chi connectivity index (χ1v) is 8.19. The average Bonchev–Trinajstić information content (AvgIpc) is 2.41. The van der Waals surface area contributed by atoms with E-state index in [1.165, 1.54) is 22.5 Å². The number of sulfonamides is 1. The van der Waals surface area contributed by atoms with Gasteiger partial charge in [-0.25, -0.2) is 8.42 Å². The molecular formula is C15H17ClN2O2S. The van der Waals surface area contributed by atoms with E-state index in [0.717, 1.165) is 11.1 Å². The van der Waals surface area contributed by atoms with Gasteiger partial charge in [0.15, 0.2) is 0 Å². The zero-order chi connectivity index (χ0) is 15.6. The summed E-state index contributed by atoms with van der Waals surface area (Å²) < 4.78 is 26.3. The van der Waals surface area contributed by atoms with E-state index in [1.807, 2.05) is 31.2 Å². The summed E-state index contributed by atoms with van der Waals surface area (Å²) in [6, 6.07) is 12.1. The van der Waals surface area contributed by atoms with E-state index in [4.69, 9.17) is 17.3 Å². The van der Waals surface area contributed by atoms with Gasteiger partial charge in [0.05, 0.1) is 15.6 Å². The maximum absolute atomic E-state index is 12.5. The molecule has 2 aromatic carbocycles. The van der Waals surface area contributed by atoms with Gasteiger partial charge in [0.2, 0.25) is 10.0 Å². The number of hydrogen-bond acceptors (Lipinski definition) is 3. The van der Waals surface area contributed by atoms with Crippen LogP contribution in [0.25, 0.3) is 0 Å². The number of aryl methyl sites for hydroxylation is 1. The van der Waals surface area contributed by atoms with Crippen LogP contribution in [0.15, 0.2) is 47.4 Å². The van der Waals surface area contributed by atoms with Crippen molar-refractivity contribution in [1.82, 2.24) is 4.31 Å². The van der Waals surface area contributed by atoms with Crippen molar-refractivity contribution in [2.24, 2.45) is 0 Å². The highest BCUT2D eigenvalue weighted by Gasteiger charge is 2.21. The summed E-state index contributed by atoms with van der Waals surface area (Å²) in [5.74, 6) is 0. The van der Waals surface area contributed by atoms with Crippen LogP contribution in [0, 0.1) is 6.92 Å². The smallest absolute Gasteiger partial charge is 0.243 e. The molecule has 0 aromatic heterocycles. The van der Waals surface area contributed by atoms with E-state index in [2.05, 4.69) is 0 Å². The fraction of sp³-hybridized carbons (Fsp3) is 0.200. The summed E-state index contributed by atoms with van der Waals surface area (Å²) in [5.41, 5.74) is 7.95. The number of nitrogens with two attached hydrogens (primary N) is 1. The average molecular weight is 325 g/mol. The lowest BCUT2D eigenvalue weighted by Gasteiger charge is -2.18. The lowest BCUT2D eigenvalue weighted by molar-refractivity contribution is 0.466. The third-order valence-corrected chi connectivity index (χ3v) is 5.31. The van der Waals surface area contributed by atoms with Crippen molar-refractivity contribution in [1.29, 1.82) is 0 Å². The van der Waals surface area contributed by atoms with Gasteiger partial charge in [-0.3, -0.25) is 0 Å². The van der Waals surface area contributed by atoms with Gasteiger partial charge in [-0.1, -0.05) is 41.4 Å². The molecule has 0 aliphatic rings.